The van der Waals surface area contributed by atoms with E-state index in [9.17, 15) is 0 Å². The maximum absolute atomic E-state index is 6.29. The van der Waals surface area contributed by atoms with Gasteiger partial charge in [-0.15, -0.1) is 0 Å². The molecule has 1 unspecified atom stereocenters. The lowest BCUT2D eigenvalue weighted by Gasteiger charge is -2.20. The number of nitrogens with zero attached hydrogens (tertiary/aromatic N) is 1. The maximum Gasteiger partial charge on any atom is 0.0975 e. The van der Waals surface area contributed by atoms with E-state index in [0.717, 1.165) is 26.3 Å². The van der Waals surface area contributed by atoms with E-state index >= 15 is 0 Å². The molecule has 0 aliphatic carbocycles. The molecular formula is C37H71NO2. The normalized spacial score (nSPS) is 18.2. The van der Waals surface area contributed by atoms with E-state index in [2.05, 4.69) is 50.1 Å². The number of allylic oxidation sites excluding steroid dienone is 4. The Balaban J connectivity index is 1.90. The van der Waals surface area contributed by atoms with Crippen molar-refractivity contribution in [1.29, 1.82) is 0 Å². The topological polar surface area (TPSA) is 21.7 Å². The molecule has 0 amide bonds. The van der Waals surface area contributed by atoms with Crippen LogP contribution in [-0.4, -0.2) is 50.5 Å². The summed E-state index contributed by atoms with van der Waals surface area (Å²) in [7, 11) is 2.20. The lowest BCUT2D eigenvalue weighted by Crippen LogP contribution is -2.30. The Morgan fingerprint density at radius 1 is 0.450 bits per heavy atom. The van der Waals surface area contributed by atoms with Gasteiger partial charge in [-0.3, -0.25) is 0 Å². The molecule has 3 heteroatoms. The van der Waals surface area contributed by atoms with Crippen LogP contribution in [0.5, 0.6) is 0 Å². The molecule has 0 N–H and O–H groups in total. The fourth-order valence-electron chi connectivity index (χ4n) is 5.71. The SMILES string of the molecule is CCCCCC/C=C\CCCCCCCCOC1CN(C)C[C@H]1OCCCCCCCC/C=C\CCCCCC. The highest BCUT2D eigenvalue weighted by Gasteiger charge is 2.32. The second-order valence-electron chi connectivity index (χ2n) is 12.5. The second-order valence-corrected chi connectivity index (χ2v) is 12.5. The predicted octanol–water partition coefficient (Wildman–Crippen LogP) is 11.2. The summed E-state index contributed by atoms with van der Waals surface area (Å²) in [6.07, 6.45) is 42.1. The summed E-state index contributed by atoms with van der Waals surface area (Å²) < 4.78 is 12.6. The zero-order chi connectivity index (χ0) is 28.8. The van der Waals surface area contributed by atoms with Crippen molar-refractivity contribution in [1.82, 2.24) is 4.90 Å². The van der Waals surface area contributed by atoms with Crippen LogP contribution < -0.4 is 0 Å². The minimum absolute atomic E-state index is 0.262. The zero-order valence-corrected chi connectivity index (χ0v) is 27.5. The van der Waals surface area contributed by atoms with Crippen LogP contribution in [0.2, 0.25) is 0 Å². The van der Waals surface area contributed by atoms with Crippen LogP contribution in [0.1, 0.15) is 168 Å². The molecule has 1 rings (SSSR count). The average Bonchev–Trinajstić information content (AvgIpc) is 3.31. The molecule has 1 saturated heterocycles. The molecule has 0 bridgehead atoms. The highest BCUT2D eigenvalue weighted by atomic mass is 16.5. The van der Waals surface area contributed by atoms with Crippen LogP contribution in [0.15, 0.2) is 24.3 Å². The summed E-state index contributed by atoms with van der Waals surface area (Å²) in [4.78, 5) is 2.37. The largest absolute Gasteiger partial charge is 0.374 e. The number of unbranched alkanes of at least 4 members (excludes halogenated alkanes) is 20. The second kappa shape index (κ2) is 29.8. The molecule has 1 aliphatic heterocycles. The highest BCUT2D eigenvalue weighted by Crippen LogP contribution is 2.18. The van der Waals surface area contributed by atoms with Gasteiger partial charge in [-0.05, 0) is 71.3 Å². The number of ether oxygens (including phenoxy) is 2. The van der Waals surface area contributed by atoms with Crippen molar-refractivity contribution in [2.24, 2.45) is 0 Å². The van der Waals surface area contributed by atoms with Gasteiger partial charge in [0, 0.05) is 26.3 Å². The van der Waals surface area contributed by atoms with Crippen LogP contribution in [-0.2, 0) is 9.47 Å². The quantitative estimate of drug-likeness (QED) is 0.0643. The Morgan fingerprint density at radius 2 is 0.750 bits per heavy atom. The highest BCUT2D eigenvalue weighted by molar-refractivity contribution is 4.84. The molecule has 1 fully saturated rings. The van der Waals surface area contributed by atoms with Gasteiger partial charge >= 0.3 is 0 Å². The third-order valence-electron chi connectivity index (χ3n) is 8.37. The first-order valence-electron chi connectivity index (χ1n) is 18.0. The van der Waals surface area contributed by atoms with Crippen LogP contribution in [0.3, 0.4) is 0 Å². The summed E-state index contributed by atoms with van der Waals surface area (Å²) >= 11 is 0. The van der Waals surface area contributed by atoms with Gasteiger partial charge in [-0.2, -0.15) is 0 Å². The van der Waals surface area contributed by atoms with Gasteiger partial charge in [0.1, 0.15) is 0 Å². The van der Waals surface area contributed by atoms with Crippen molar-refractivity contribution < 1.29 is 9.47 Å². The molecule has 3 nitrogen and oxygen atoms in total. The Labute approximate surface area is 251 Å². The Bertz CT molecular complexity index is 512. The van der Waals surface area contributed by atoms with Crippen LogP contribution in [0.25, 0.3) is 0 Å². The summed E-state index contributed by atoms with van der Waals surface area (Å²) in [6.45, 7) is 8.39. The summed E-state index contributed by atoms with van der Waals surface area (Å²) in [5.41, 5.74) is 0. The van der Waals surface area contributed by atoms with Gasteiger partial charge in [0.15, 0.2) is 0 Å². The molecule has 0 spiro atoms. The summed E-state index contributed by atoms with van der Waals surface area (Å²) in [6, 6.07) is 0. The van der Waals surface area contributed by atoms with Gasteiger partial charge in [-0.1, -0.05) is 128 Å². The number of likely N-dealkylation sites (N-methyl/N-ethyl adjacent to an activating group) is 1. The Morgan fingerprint density at radius 3 is 1.10 bits per heavy atom. The van der Waals surface area contributed by atoms with Gasteiger partial charge in [0.05, 0.1) is 12.2 Å². The molecule has 0 aromatic heterocycles. The molecule has 40 heavy (non-hydrogen) atoms. The van der Waals surface area contributed by atoms with E-state index in [1.807, 2.05) is 0 Å². The van der Waals surface area contributed by atoms with Crippen molar-refractivity contribution >= 4 is 0 Å². The predicted molar refractivity (Wildman–Crippen MR) is 177 cm³/mol. The van der Waals surface area contributed by atoms with Gasteiger partial charge in [0.25, 0.3) is 0 Å². The summed E-state index contributed by atoms with van der Waals surface area (Å²) in [5, 5.41) is 0. The Hall–Kier alpha value is -0.640. The first-order chi connectivity index (χ1) is 19.8. The van der Waals surface area contributed by atoms with Crippen molar-refractivity contribution in [3.8, 4) is 0 Å². The van der Waals surface area contributed by atoms with Gasteiger partial charge < -0.3 is 14.4 Å². The van der Waals surface area contributed by atoms with Crippen LogP contribution >= 0.6 is 0 Å². The van der Waals surface area contributed by atoms with E-state index in [0.29, 0.717) is 0 Å². The standard InChI is InChI=1S/C37H71NO2/c1-4-6-8-10-12-14-16-18-20-22-24-26-28-30-32-39-36-34-38(3)35-37(36)40-33-31-29-27-25-23-21-19-17-15-13-11-9-7-5-2/h14-17,36-37H,4-13,18-35H2,1-3H3/b16-14-,17-15-/t36-,37?/m1/s1. The molecule has 2 atom stereocenters. The first-order valence-corrected chi connectivity index (χ1v) is 18.0. The first kappa shape index (κ1) is 37.4. The number of hydrogen-bond acceptors (Lipinski definition) is 3. The van der Waals surface area contributed by atoms with E-state index in [-0.39, 0.29) is 12.2 Å². The molecule has 236 valence electrons. The van der Waals surface area contributed by atoms with Crippen molar-refractivity contribution in [3.63, 3.8) is 0 Å². The monoisotopic (exact) mass is 562 g/mol. The minimum Gasteiger partial charge on any atom is -0.374 e. The Kier molecular flexibility index (Phi) is 27.9. The fraction of sp³-hybridized carbons (Fsp3) is 0.892. The molecular weight excluding hydrogens is 490 g/mol. The van der Waals surface area contributed by atoms with Crippen molar-refractivity contribution in [2.75, 3.05) is 33.4 Å². The zero-order valence-electron chi connectivity index (χ0n) is 27.5. The fourth-order valence-corrected chi connectivity index (χ4v) is 5.71. The van der Waals surface area contributed by atoms with Crippen molar-refractivity contribution in [2.45, 2.75) is 180 Å². The number of hydrogen-bond donors (Lipinski definition) is 0. The van der Waals surface area contributed by atoms with Gasteiger partial charge in [0.2, 0.25) is 0 Å². The molecule has 1 heterocycles. The smallest absolute Gasteiger partial charge is 0.0975 e. The van der Waals surface area contributed by atoms with E-state index in [4.69, 9.17) is 9.47 Å². The average molecular weight is 562 g/mol. The molecule has 1 aliphatic rings. The lowest BCUT2D eigenvalue weighted by molar-refractivity contribution is -0.0481. The molecule has 0 aromatic rings. The number of likely N-dealkylation sites (tertiary alicyclic amines) is 1. The van der Waals surface area contributed by atoms with Crippen LogP contribution in [0.4, 0.5) is 0 Å². The van der Waals surface area contributed by atoms with E-state index < -0.39 is 0 Å². The summed E-state index contributed by atoms with van der Waals surface area (Å²) in [5.74, 6) is 0. The van der Waals surface area contributed by atoms with E-state index in [1.165, 1.54) is 154 Å². The molecule has 0 aromatic carbocycles. The third kappa shape index (κ3) is 24.0. The van der Waals surface area contributed by atoms with Gasteiger partial charge in [-0.25, -0.2) is 0 Å². The third-order valence-corrected chi connectivity index (χ3v) is 8.37. The maximum atomic E-state index is 6.29. The molecule has 0 saturated carbocycles. The van der Waals surface area contributed by atoms with Crippen LogP contribution in [0, 0.1) is 0 Å². The number of rotatable bonds is 30. The van der Waals surface area contributed by atoms with Crippen molar-refractivity contribution in [3.05, 3.63) is 24.3 Å². The lowest BCUT2D eigenvalue weighted by atomic mass is 10.1. The molecule has 0 radical (unpaired) electrons. The van der Waals surface area contributed by atoms with E-state index in [1.54, 1.807) is 0 Å². The minimum atomic E-state index is 0.262.